The van der Waals surface area contributed by atoms with Gasteiger partial charge in [0.25, 0.3) is 0 Å². The number of fused-ring (bicyclic) bond motifs is 1. The lowest BCUT2D eigenvalue weighted by Gasteiger charge is -2.17. The minimum Gasteiger partial charge on any atom is -0.344 e. The zero-order valence-electron chi connectivity index (χ0n) is 12.3. The van der Waals surface area contributed by atoms with E-state index >= 15 is 0 Å². The predicted octanol–water partition coefficient (Wildman–Crippen LogP) is 2.69. The standard InChI is InChI=1S/C15H17ClN4O/c1-4-19(3)13(21)9-20-12-7-5-6-11(8-17)14(12)18-15(20)10(2)16/h5-7,10H,4,9H2,1-3H3. The molecule has 1 atom stereocenters. The monoisotopic (exact) mass is 304 g/mol. The summed E-state index contributed by atoms with van der Waals surface area (Å²) in [5, 5.41) is 8.83. The highest BCUT2D eigenvalue weighted by atomic mass is 35.5. The van der Waals surface area contributed by atoms with E-state index in [4.69, 9.17) is 11.6 Å². The number of para-hydroxylation sites is 1. The number of benzene rings is 1. The molecule has 1 aromatic carbocycles. The average Bonchev–Trinajstić information content (AvgIpc) is 2.85. The molecule has 1 heterocycles. The molecule has 0 bridgehead atoms. The van der Waals surface area contributed by atoms with Crippen LogP contribution in [0.15, 0.2) is 18.2 Å². The van der Waals surface area contributed by atoms with Gasteiger partial charge in [0.2, 0.25) is 5.91 Å². The highest BCUT2D eigenvalue weighted by Gasteiger charge is 2.19. The number of hydrogen-bond acceptors (Lipinski definition) is 3. The summed E-state index contributed by atoms with van der Waals surface area (Å²) in [5.41, 5.74) is 1.84. The van der Waals surface area contributed by atoms with Crippen LogP contribution in [0, 0.1) is 11.3 Å². The maximum Gasteiger partial charge on any atom is 0.242 e. The van der Waals surface area contributed by atoms with E-state index in [-0.39, 0.29) is 17.8 Å². The maximum atomic E-state index is 12.2. The Labute approximate surface area is 128 Å². The molecule has 0 saturated heterocycles. The Bertz CT molecular complexity index is 714. The van der Waals surface area contributed by atoms with Gasteiger partial charge < -0.3 is 9.47 Å². The first-order valence-electron chi connectivity index (χ1n) is 6.76. The summed E-state index contributed by atoms with van der Waals surface area (Å²) in [4.78, 5) is 18.3. The Morgan fingerprint density at radius 3 is 2.86 bits per heavy atom. The largest absolute Gasteiger partial charge is 0.344 e. The second kappa shape index (κ2) is 6.15. The van der Waals surface area contributed by atoms with Gasteiger partial charge in [-0.15, -0.1) is 11.6 Å². The van der Waals surface area contributed by atoms with Crippen LogP contribution in [0.5, 0.6) is 0 Å². The summed E-state index contributed by atoms with van der Waals surface area (Å²) in [7, 11) is 1.76. The lowest BCUT2D eigenvalue weighted by molar-refractivity contribution is -0.130. The number of carbonyl (C=O) groups is 1. The number of alkyl halides is 1. The van der Waals surface area contributed by atoms with Crippen LogP contribution in [0.25, 0.3) is 11.0 Å². The molecule has 0 fully saturated rings. The van der Waals surface area contributed by atoms with Crippen LogP contribution in [-0.4, -0.2) is 34.0 Å². The SMILES string of the molecule is CCN(C)C(=O)Cn1c(C(C)Cl)nc2c(C#N)cccc21. The van der Waals surface area contributed by atoms with Crippen molar-refractivity contribution >= 4 is 28.5 Å². The number of amides is 1. The number of nitrogens with zero attached hydrogens (tertiary/aromatic N) is 4. The molecule has 1 unspecified atom stereocenters. The van der Waals surface area contributed by atoms with Gasteiger partial charge in [0.15, 0.2) is 0 Å². The van der Waals surface area contributed by atoms with E-state index < -0.39 is 0 Å². The fourth-order valence-corrected chi connectivity index (χ4v) is 2.32. The summed E-state index contributed by atoms with van der Waals surface area (Å²) in [5.74, 6) is 0.588. The number of carbonyl (C=O) groups excluding carboxylic acids is 1. The third-order valence-electron chi connectivity index (χ3n) is 3.48. The van der Waals surface area contributed by atoms with Crippen molar-refractivity contribution in [2.24, 2.45) is 0 Å². The summed E-state index contributed by atoms with van der Waals surface area (Å²) >= 11 is 6.18. The first kappa shape index (κ1) is 15.3. The van der Waals surface area contributed by atoms with Crippen molar-refractivity contribution in [2.75, 3.05) is 13.6 Å². The minimum absolute atomic E-state index is 0.0160. The van der Waals surface area contributed by atoms with E-state index in [1.807, 2.05) is 13.0 Å². The normalized spacial score (nSPS) is 12.1. The number of hydrogen-bond donors (Lipinski definition) is 0. The molecule has 0 aliphatic rings. The van der Waals surface area contributed by atoms with Crippen molar-refractivity contribution in [3.63, 3.8) is 0 Å². The fourth-order valence-electron chi connectivity index (χ4n) is 2.16. The van der Waals surface area contributed by atoms with Crippen LogP contribution in [-0.2, 0) is 11.3 Å². The van der Waals surface area contributed by atoms with Crippen molar-refractivity contribution in [3.05, 3.63) is 29.6 Å². The number of nitriles is 1. The molecule has 0 aliphatic carbocycles. The molecule has 110 valence electrons. The van der Waals surface area contributed by atoms with Crippen molar-refractivity contribution < 1.29 is 4.79 Å². The van der Waals surface area contributed by atoms with Gasteiger partial charge in [-0.25, -0.2) is 4.98 Å². The molecule has 5 nitrogen and oxygen atoms in total. The summed E-state index contributed by atoms with van der Waals surface area (Å²) < 4.78 is 1.79. The van der Waals surface area contributed by atoms with Crippen LogP contribution in [0.3, 0.4) is 0 Å². The van der Waals surface area contributed by atoms with Crippen molar-refractivity contribution in [3.8, 4) is 6.07 Å². The van der Waals surface area contributed by atoms with Gasteiger partial charge in [-0.3, -0.25) is 4.79 Å². The molecular weight excluding hydrogens is 288 g/mol. The smallest absolute Gasteiger partial charge is 0.242 e. The first-order valence-corrected chi connectivity index (χ1v) is 7.20. The summed E-state index contributed by atoms with van der Waals surface area (Å²) in [6, 6.07) is 7.47. The van der Waals surface area contributed by atoms with Gasteiger partial charge >= 0.3 is 0 Å². The van der Waals surface area contributed by atoms with Crippen LogP contribution in [0.1, 0.15) is 30.6 Å². The molecule has 0 aliphatic heterocycles. The topological polar surface area (TPSA) is 61.9 Å². The van der Waals surface area contributed by atoms with E-state index in [2.05, 4.69) is 11.1 Å². The molecule has 0 radical (unpaired) electrons. The molecule has 0 saturated carbocycles. The lowest BCUT2D eigenvalue weighted by Crippen LogP contribution is -2.30. The second-order valence-electron chi connectivity index (χ2n) is 4.87. The molecule has 1 amide bonds. The Hall–Kier alpha value is -2.06. The molecule has 21 heavy (non-hydrogen) atoms. The second-order valence-corrected chi connectivity index (χ2v) is 5.52. The molecule has 2 aromatic rings. The Balaban J connectivity index is 2.58. The molecule has 2 rings (SSSR count). The quantitative estimate of drug-likeness (QED) is 0.816. The number of halogens is 1. The van der Waals surface area contributed by atoms with Gasteiger partial charge in [0.1, 0.15) is 24.0 Å². The van der Waals surface area contributed by atoms with Gasteiger partial charge in [0.05, 0.1) is 16.5 Å². The lowest BCUT2D eigenvalue weighted by atomic mass is 10.2. The predicted molar refractivity (Wildman–Crippen MR) is 82.0 cm³/mol. The fraction of sp³-hybridized carbons (Fsp3) is 0.400. The van der Waals surface area contributed by atoms with E-state index in [9.17, 15) is 10.1 Å². The number of aromatic nitrogens is 2. The maximum absolute atomic E-state index is 12.2. The van der Waals surface area contributed by atoms with E-state index in [1.165, 1.54) is 0 Å². The van der Waals surface area contributed by atoms with Crippen LogP contribution < -0.4 is 0 Å². The van der Waals surface area contributed by atoms with Gasteiger partial charge in [-0.2, -0.15) is 5.26 Å². The van der Waals surface area contributed by atoms with E-state index in [0.717, 1.165) is 5.52 Å². The number of imidazole rings is 1. The van der Waals surface area contributed by atoms with E-state index in [1.54, 1.807) is 35.6 Å². The Morgan fingerprint density at radius 1 is 1.57 bits per heavy atom. The molecular formula is C15H17ClN4O. The third-order valence-corrected chi connectivity index (χ3v) is 3.67. The first-order chi connectivity index (χ1) is 9.99. The molecule has 0 spiro atoms. The molecule has 0 N–H and O–H groups in total. The summed E-state index contributed by atoms with van der Waals surface area (Å²) in [6.45, 7) is 4.53. The van der Waals surface area contributed by atoms with Gasteiger partial charge in [0, 0.05) is 13.6 Å². The highest BCUT2D eigenvalue weighted by molar-refractivity contribution is 6.20. The Morgan fingerprint density at radius 2 is 2.29 bits per heavy atom. The molecule has 6 heteroatoms. The van der Waals surface area contributed by atoms with Crippen molar-refractivity contribution in [1.29, 1.82) is 5.26 Å². The molecule has 1 aromatic heterocycles. The third kappa shape index (κ3) is 2.86. The van der Waals surface area contributed by atoms with Gasteiger partial charge in [-0.05, 0) is 26.0 Å². The highest BCUT2D eigenvalue weighted by Crippen LogP contribution is 2.26. The summed E-state index contributed by atoms with van der Waals surface area (Å²) in [6.07, 6.45) is 0. The zero-order valence-corrected chi connectivity index (χ0v) is 13.1. The van der Waals surface area contributed by atoms with Crippen LogP contribution >= 0.6 is 11.6 Å². The van der Waals surface area contributed by atoms with Crippen molar-refractivity contribution in [2.45, 2.75) is 25.8 Å². The average molecular weight is 305 g/mol. The van der Waals surface area contributed by atoms with Crippen molar-refractivity contribution in [1.82, 2.24) is 14.5 Å². The van der Waals surface area contributed by atoms with E-state index in [0.29, 0.717) is 23.4 Å². The van der Waals surface area contributed by atoms with Crippen LogP contribution in [0.4, 0.5) is 0 Å². The zero-order chi connectivity index (χ0) is 15.6. The number of rotatable bonds is 4. The number of likely N-dealkylation sites (N-methyl/N-ethyl adjacent to an activating group) is 1. The Kier molecular flexibility index (Phi) is 4.49. The van der Waals surface area contributed by atoms with Gasteiger partial charge in [-0.1, -0.05) is 6.07 Å². The minimum atomic E-state index is -0.344. The van der Waals surface area contributed by atoms with Crippen LogP contribution in [0.2, 0.25) is 0 Å².